The molecule has 0 unspecified atom stereocenters. The Kier molecular flexibility index (Phi) is 3.76. The lowest BCUT2D eigenvalue weighted by atomic mass is 10.1. The number of fused-ring (bicyclic) bond motifs is 2. The minimum absolute atomic E-state index is 0.486. The first-order valence-electron chi connectivity index (χ1n) is 7.35. The van der Waals surface area contributed by atoms with Crippen molar-refractivity contribution in [1.29, 1.82) is 0 Å². The minimum atomic E-state index is 0.486. The quantitative estimate of drug-likeness (QED) is 0.440. The van der Waals surface area contributed by atoms with Crippen LogP contribution < -0.4 is 0 Å². The molecule has 0 atom stereocenters. The van der Waals surface area contributed by atoms with Gasteiger partial charge in [-0.25, -0.2) is 9.84 Å². The number of benzene rings is 2. The molecule has 0 N–H and O–H groups in total. The summed E-state index contributed by atoms with van der Waals surface area (Å²) in [5.41, 5.74) is 5.67. The zero-order valence-corrected chi connectivity index (χ0v) is 14.8. The molecule has 24 heavy (non-hydrogen) atoms. The number of hydrogen-bond acceptors (Lipinski definition) is 1. The third-order valence-corrected chi connectivity index (χ3v) is 4.81. The van der Waals surface area contributed by atoms with Crippen molar-refractivity contribution in [2.75, 3.05) is 0 Å². The van der Waals surface area contributed by atoms with Crippen molar-refractivity contribution in [3.05, 3.63) is 81.9 Å². The van der Waals surface area contributed by atoms with Gasteiger partial charge in [-0.15, -0.1) is 0 Å². The summed E-state index contributed by atoms with van der Waals surface area (Å²) >= 11 is 9.96. The van der Waals surface area contributed by atoms with Crippen LogP contribution in [0.2, 0.25) is 0 Å². The van der Waals surface area contributed by atoms with Gasteiger partial charge in [0, 0.05) is 17.2 Å². The van der Waals surface area contributed by atoms with Crippen LogP contribution in [0.4, 0.5) is 11.4 Å². The van der Waals surface area contributed by atoms with Gasteiger partial charge in [0.25, 0.3) is 0 Å². The maximum absolute atomic E-state index is 7.05. The monoisotopic (exact) mass is 395 g/mol. The normalized spacial score (nSPS) is 12.6. The van der Waals surface area contributed by atoms with Gasteiger partial charge in [0.05, 0.1) is 18.0 Å². The fourth-order valence-corrected chi connectivity index (χ4v) is 3.50. The van der Waals surface area contributed by atoms with E-state index in [2.05, 4.69) is 42.6 Å². The fourth-order valence-electron chi connectivity index (χ4n) is 2.84. The fraction of sp³-hybridized carbons (Fsp3) is 0.0526. The van der Waals surface area contributed by atoms with E-state index in [9.17, 15) is 0 Å². The molecule has 0 bridgehead atoms. The van der Waals surface area contributed by atoms with Crippen molar-refractivity contribution in [3.63, 3.8) is 0 Å². The zero-order valence-electron chi connectivity index (χ0n) is 12.5. The molecule has 0 amide bonds. The highest BCUT2D eigenvalue weighted by Crippen LogP contribution is 2.32. The smallest absolute Gasteiger partial charge is 0.187 e. The molecule has 1 aliphatic rings. The molecule has 0 aliphatic carbocycles. The summed E-state index contributed by atoms with van der Waals surface area (Å²) in [7, 11) is 0. The summed E-state index contributed by atoms with van der Waals surface area (Å²) in [5.74, 6) is 0. The van der Waals surface area contributed by atoms with Gasteiger partial charge in [-0.2, -0.15) is 0 Å². The molecule has 1 aromatic heterocycles. The number of aliphatic imine (C=N–C) groups is 1. The Morgan fingerprint density at radius 1 is 1.08 bits per heavy atom. The maximum Gasteiger partial charge on any atom is 0.187 e. The summed E-state index contributed by atoms with van der Waals surface area (Å²) < 4.78 is 3.14. The van der Waals surface area contributed by atoms with Crippen LogP contribution in [0, 0.1) is 6.57 Å². The van der Waals surface area contributed by atoms with Crippen molar-refractivity contribution in [1.82, 2.24) is 4.57 Å². The van der Waals surface area contributed by atoms with Crippen LogP contribution in [0.3, 0.4) is 0 Å². The predicted molar refractivity (Wildman–Crippen MR) is 101 cm³/mol. The molecule has 0 radical (unpaired) electrons. The summed E-state index contributed by atoms with van der Waals surface area (Å²) in [4.78, 5) is 7.99. The molecule has 0 saturated heterocycles. The van der Waals surface area contributed by atoms with Crippen LogP contribution >= 0.6 is 27.5 Å². The first-order chi connectivity index (χ1) is 11.6. The number of rotatable bonds is 1. The lowest BCUT2D eigenvalue weighted by Crippen LogP contribution is -2.03. The Morgan fingerprint density at radius 2 is 1.88 bits per heavy atom. The minimum Gasteiger partial charge on any atom is -0.340 e. The van der Waals surface area contributed by atoms with Crippen LogP contribution in [0.1, 0.15) is 11.3 Å². The van der Waals surface area contributed by atoms with E-state index in [1.807, 2.05) is 42.5 Å². The molecule has 1 aliphatic heterocycles. The zero-order chi connectivity index (χ0) is 16.7. The molecule has 0 spiro atoms. The Morgan fingerprint density at radius 3 is 2.62 bits per heavy atom. The van der Waals surface area contributed by atoms with Gasteiger partial charge in [-0.1, -0.05) is 51.8 Å². The number of halogens is 2. The van der Waals surface area contributed by atoms with Crippen molar-refractivity contribution in [3.8, 4) is 11.1 Å². The molecular formula is C19H11BrClN3. The molecule has 0 fully saturated rings. The van der Waals surface area contributed by atoms with Gasteiger partial charge in [-0.3, -0.25) is 0 Å². The molecule has 4 rings (SSSR count). The van der Waals surface area contributed by atoms with Crippen LogP contribution in [0.25, 0.3) is 16.0 Å². The molecular weight excluding hydrogens is 386 g/mol. The van der Waals surface area contributed by atoms with E-state index in [4.69, 9.17) is 18.2 Å². The van der Waals surface area contributed by atoms with Gasteiger partial charge < -0.3 is 4.57 Å². The van der Waals surface area contributed by atoms with Gasteiger partial charge >= 0.3 is 0 Å². The lowest BCUT2D eigenvalue weighted by molar-refractivity contribution is 0.805. The summed E-state index contributed by atoms with van der Waals surface area (Å²) in [6.07, 6.45) is 2.08. The van der Waals surface area contributed by atoms with E-state index in [1.165, 1.54) is 0 Å². The van der Waals surface area contributed by atoms with Crippen molar-refractivity contribution in [2.45, 2.75) is 6.54 Å². The second kappa shape index (κ2) is 5.94. The molecule has 3 nitrogen and oxygen atoms in total. The number of aromatic nitrogens is 1. The third-order valence-electron chi connectivity index (χ3n) is 4.04. The average molecular weight is 397 g/mol. The standard InChI is InChI=1S/C19H11BrClN3/c1-22-16-5-2-12(3-6-16)13-9-18-19(21)23-17-7-4-15(20)8-14(17)11-24(18)10-13/h2-10H,11H2. The van der Waals surface area contributed by atoms with Gasteiger partial charge in [0.2, 0.25) is 0 Å². The molecule has 3 aromatic rings. The molecule has 0 saturated carbocycles. The van der Waals surface area contributed by atoms with Crippen molar-refractivity contribution in [2.24, 2.45) is 4.99 Å². The second-order valence-electron chi connectivity index (χ2n) is 5.58. The lowest BCUT2D eigenvalue weighted by Gasteiger charge is -2.06. The van der Waals surface area contributed by atoms with E-state index >= 15 is 0 Å². The van der Waals surface area contributed by atoms with Crippen molar-refractivity contribution < 1.29 is 0 Å². The summed E-state index contributed by atoms with van der Waals surface area (Å²) in [5, 5.41) is 0.486. The predicted octanol–water partition coefficient (Wildman–Crippen LogP) is 6.15. The SMILES string of the molecule is [C-]#[N+]c1ccc(-c2cc3n(c2)Cc2cc(Br)ccc2N=C3Cl)cc1. The van der Waals surface area contributed by atoms with Crippen LogP contribution in [-0.4, -0.2) is 9.74 Å². The second-order valence-corrected chi connectivity index (χ2v) is 6.85. The first kappa shape index (κ1) is 15.2. The number of nitrogens with zero attached hydrogens (tertiary/aromatic N) is 3. The Hall–Kier alpha value is -2.35. The van der Waals surface area contributed by atoms with Crippen LogP contribution in [-0.2, 0) is 6.54 Å². The highest BCUT2D eigenvalue weighted by molar-refractivity contribution is 9.10. The Labute approximate surface area is 153 Å². The van der Waals surface area contributed by atoms with Crippen LogP contribution in [0.5, 0.6) is 0 Å². The molecule has 2 heterocycles. The highest BCUT2D eigenvalue weighted by atomic mass is 79.9. The Balaban J connectivity index is 1.79. The third kappa shape index (κ3) is 2.66. The maximum atomic E-state index is 7.05. The van der Waals surface area contributed by atoms with Crippen molar-refractivity contribution >= 4 is 44.1 Å². The van der Waals surface area contributed by atoms with Crippen LogP contribution in [0.15, 0.2) is 64.2 Å². The Bertz CT molecular complexity index is 1010. The summed E-state index contributed by atoms with van der Waals surface area (Å²) in [6.45, 7) is 7.76. The number of hydrogen-bond donors (Lipinski definition) is 0. The van der Waals surface area contributed by atoms with E-state index < -0.39 is 0 Å². The van der Waals surface area contributed by atoms with Gasteiger partial charge in [0.15, 0.2) is 10.9 Å². The molecule has 2 aromatic carbocycles. The topological polar surface area (TPSA) is 21.6 Å². The van der Waals surface area contributed by atoms with E-state index in [-0.39, 0.29) is 0 Å². The largest absolute Gasteiger partial charge is 0.340 e. The molecule has 116 valence electrons. The molecule has 5 heteroatoms. The van der Waals surface area contributed by atoms with Gasteiger partial charge in [0.1, 0.15) is 0 Å². The summed E-state index contributed by atoms with van der Waals surface area (Å²) in [6, 6.07) is 15.6. The first-order valence-corrected chi connectivity index (χ1v) is 8.52. The average Bonchev–Trinajstić information content (AvgIpc) is 2.96. The van der Waals surface area contributed by atoms with Gasteiger partial charge in [-0.05, 0) is 41.0 Å². The van der Waals surface area contributed by atoms with E-state index in [0.717, 1.165) is 32.5 Å². The van der Waals surface area contributed by atoms with E-state index in [0.29, 0.717) is 17.4 Å². The van der Waals surface area contributed by atoms with E-state index in [1.54, 1.807) is 0 Å². The highest BCUT2D eigenvalue weighted by Gasteiger charge is 2.17.